The van der Waals surface area contributed by atoms with E-state index in [1.807, 2.05) is 12.4 Å². The maximum Gasteiger partial charge on any atom is 0.223 e. The van der Waals surface area contributed by atoms with E-state index in [0.717, 1.165) is 38.8 Å². The first kappa shape index (κ1) is 25.0. The molecule has 1 unspecified atom stereocenters. The molecule has 30 heavy (non-hydrogen) atoms. The molecular formula is C26H45NO3. The molecule has 0 spiro atoms. The fraction of sp³-hybridized carbons (Fsp3) is 0.808. The molecule has 1 atom stereocenters. The lowest BCUT2D eigenvalue weighted by Crippen LogP contribution is -2.27. The van der Waals surface area contributed by atoms with E-state index in [0.29, 0.717) is 5.75 Å². The van der Waals surface area contributed by atoms with Gasteiger partial charge in [-0.3, -0.25) is 4.79 Å². The van der Waals surface area contributed by atoms with Crippen molar-refractivity contribution in [2.24, 2.45) is 0 Å². The largest absolute Gasteiger partial charge is 0.459 e. The molecule has 1 fully saturated rings. The van der Waals surface area contributed by atoms with E-state index in [9.17, 15) is 4.79 Å². The average Bonchev–Trinajstić information content (AvgIpc) is 2.77. The van der Waals surface area contributed by atoms with Crippen LogP contribution in [0.4, 0.5) is 0 Å². The Morgan fingerprint density at radius 3 is 2.07 bits per heavy atom. The zero-order valence-electron chi connectivity index (χ0n) is 19.4. The third-order valence-electron chi connectivity index (χ3n) is 6.11. The quantitative estimate of drug-likeness (QED) is 0.250. The lowest BCUT2D eigenvalue weighted by molar-refractivity contribution is -0.106. The van der Waals surface area contributed by atoms with E-state index in [4.69, 9.17) is 9.47 Å². The Bertz CT molecular complexity index is 592. The van der Waals surface area contributed by atoms with Crippen molar-refractivity contribution in [3.05, 3.63) is 28.7 Å². The molecule has 0 radical (unpaired) electrons. The normalized spacial score (nSPS) is 16.6. The van der Waals surface area contributed by atoms with Crippen LogP contribution < -0.4 is 10.2 Å². The number of nitrogens with zero attached hydrogens (tertiary/aromatic N) is 1. The predicted molar refractivity (Wildman–Crippen MR) is 125 cm³/mol. The summed E-state index contributed by atoms with van der Waals surface area (Å²) in [6.45, 7) is 3.95. The number of hydrogen-bond acceptors (Lipinski definition) is 3. The summed E-state index contributed by atoms with van der Waals surface area (Å²) in [6, 6.07) is 1.61. The van der Waals surface area contributed by atoms with Gasteiger partial charge in [-0.25, -0.2) is 0 Å². The van der Waals surface area contributed by atoms with Crippen molar-refractivity contribution in [2.75, 3.05) is 6.61 Å². The second-order valence-electron chi connectivity index (χ2n) is 8.92. The highest BCUT2D eigenvalue weighted by Gasteiger charge is 2.16. The Balaban J connectivity index is 1.47. The zero-order valence-corrected chi connectivity index (χ0v) is 19.4. The van der Waals surface area contributed by atoms with Gasteiger partial charge in [0.05, 0.1) is 12.8 Å². The number of rotatable bonds is 17. The number of aryl methyl sites for hydroxylation is 1. The molecule has 172 valence electrons. The van der Waals surface area contributed by atoms with Crippen molar-refractivity contribution >= 4 is 0 Å². The first-order chi connectivity index (χ1) is 14.8. The number of ether oxygens (including phenoxy) is 2. The molecule has 2 rings (SSSR count). The maximum absolute atomic E-state index is 12.1. The van der Waals surface area contributed by atoms with Crippen molar-refractivity contribution in [2.45, 2.75) is 129 Å². The van der Waals surface area contributed by atoms with Crippen LogP contribution in [0, 0.1) is 0 Å². The van der Waals surface area contributed by atoms with Crippen LogP contribution in [-0.2, 0) is 11.3 Å². The van der Waals surface area contributed by atoms with Crippen LogP contribution in [0.2, 0.25) is 0 Å². The van der Waals surface area contributed by atoms with Crippen LogP contribution in [0.25, 0.3) is 0 Å². The molecule has 0 aromatic carbocycles. The Labute approximate surface area is 184 Å². The summed E-state index contributed by atoms with van der Waals surface area (Å²) in [6.07, 6.45) is 25.7. The van der Waals surface area contributed by atoms with Crippen molar-refractivity contribution < 1.29 is 9.47 Å². The lowest BCUT2D eigenvalue weighted by Gasteiger charge is -2.23. The van der Waals surface area contributed by atoms with Crippen LogP contribution in [0.5, 0.6) is 5.75 Å². The summed E-state index contributed by atoms with van der Waals surface area (Å²) in [5.74, 6) is 0.426. The summed E-state index contributed by atoms with van der Waals surface area (Å²) in [4.78, 5) is 12.1. The molecule has 4 heteroatoms. The predicted octanol–water partition coefficient (Wildman–Crippen LogP) is 7.24. The molecule has 0 saturated carbocycles. The molecular weight excluding hydrogens is 374 g/mol. The second kappa shape index (κ2) is 16.4. The Morgan fingerprint density at radius 1 is 0.900 bits per heavy atom. The van der Waals surface area contributed by atoms with Gasteiger partial charge in [0.25, 0.3) is 0 Å². The van der Waals surface area contributed by atoms with Crippen LogP contribution in [-0.4, -0.2) is 17.5 Å². The molecule has 1 saturated heterocycles. The van der Waals surface area contributed by atoms with Crippen molar-refractivity contribution in [1.29, 1.82) is 0 Å². The standard InChI is InChI=1S/C26H45NO3/c1-2-3-4-5-6-7-8-9-10-11-12-13-14-16-20-27-21-19-24(28)25(23-27)30-26-18-15-17-22-29-26/h19,21,23,26H,2-18,20,22H2,1H3. The van der Waals surface area contributed by atoms with Gasteiger partial charge < -0.3 is 14.0 Å². The van der Waals surface area contributed by atoms with Gasteiger partial charge in [-0.1, -0.05) is 90.4 Å². The highest BCUT2D eigenvalue weighted by atomic mass is 16.7. The zero-order chi connectivity index (χ0) is 21.3. The Morgan fingerprint density at radius 2 is 1.50 bits per heavy atom. The van der Waals surface area contributed by atoms with Gasteiger partial charge >= 0.3 is 0 Å². The van der Waals surface area contributed by atoms with Gasteiger partial charge in [-0.15, -0.1) is 0 Å². The minimum atomic E-state index is -0.261. The lowest BCUT2D eigenvalue weighted by atomic mass is 10.0. The number of hydrogen-bond donors (Lipinski definition) is 0. The van der Waals surface area contributed by atoms with Gasteiger partial charge in [0, 0.05) is 25.2 Å². The Hall–Kier alpha value is -1.29. The molecule has 4 nitrogen and oxygen atoms in total. The maximum atomic E-state index is 12.1. The van der Waals surface area contributed by atoms with E-state index in [1.54, 1.807) is 6.07 Å². The number of aromatic nitrogens is 1. The molecule has 1 aromatic rings. The highest BCUT2D eigenvalue weighted by molar-refractivity contribution is 5.17. The molecule has 1 aliphatic rings. The minimum Gasteiger partial charge on any atom is -0.459 e. The van der Waals surface area contributed by atoms with Crippen LogP contribution in [0.3, 0.4) is 0 Å². The van der Waals surface area contributed by atoms with E-state index < -0.39 is 0 Å². The van der Waals surface area contributed by atoms with Crippen LogP contribution >= 0.6 is 0 Å². The van der Waals surface area contributed by atoms with Gasteiger partial charge in [0.15, 0.2) is 12.0 Å². The van der Waals surface area contributed by atoms with Gasteiger partial charge in [-0.2, -0.15) is 0 Å². The van der Waals surface area contributed by atoms with Gasteiger partial charge in [-0.05, 0) is 19.3 Å². The Kier molecular flexibility index (Phi) is 13.7. The van der Waals surface area contributed by atoms with E-state index in [1.165, 1.54) is 83.5 Å². The molecule has 1 aliphatic heterocycles. The first-order valence-electron chi connectivity index (χ1n) is 12.8. The minimum absolute atomic E-state index is 0.0543. The molecule has 0 aliphatic carbocycles. The van der Waals surface area contributed by atoms with Gasteiger partial charge in [0.2, 0.25) is 5.43 Å². The fourth-order valence-electron chi connectivity index (χ4n) is 4.17. The fourth-order valence-corrected chi connectivity index (χ4v) is 4.17. The topological polar surface area (TPSA) is 40.5 Å². The summed E-state index contributed by atoms with van der Waals surface area (Å²) in [7, 11) is 0. The first-order valence-corrected chi connectivity index (χ1v) is 12.8. The number of unbranched alkanes of at least 4 members (excludes halogenated alkanes) is 13. The second-order valence-corrected chi connectivity index (χ2v) is 8.92. The molecule has 0 N–H and O–H groups in total. The molecule has 2 heterocycles. The van der Waals surface area contributed by atoms with E-state index >= 15 is 0 Å². The molecule has 1 aromatic heterocycles. The summed E-state index contributed by atoms with van der Waals surface area (Å²) >= 11 is 0. The van der Waals surface area contributed by atoms with Crippen LogP contribution in [0.1, 0.15) is 116 Å². The highest BCUT2D eigenvalue weighted by Crippen LogP contribution is 2.17. The monoisotopic (exact) mass is 419 g/mol. The van der Waals surface area contributed by atoms with Gasteiger partial charge in [0.1, 0.15) is 0 Å². The summed E-state index contributed by atoms with van der Waals surface area (Å²) in [5, 5.41) is 0. The van der Waals surface area contributed by atoms with Crippen molar-refractivity contribution in [3.8, 4) is 5.75 Å². The van der Waals surface area contributed by atoms with E-state index in [2.05, 4.69) is 11.5 Å². The van der Waals surface area contributed by atoms with Crippen molar-refractivity contribution in [3.63, 3.8) is 0 Å². The summed E-state index contributed by atoms with van der Waals surface area (Å²) < 4.78 is 13.5. The van der Waals surface area contributed by atoms with Crippen molar-refractivity contribution in [1.82, 2.24) is 4.57 Å². The number of pyridine rings is 1. The van der Waals surface area contributed by atoms with E-state index in [-0.39, 0.29) is 11.7 Å². The SMILES string of the molecule is CCCCCCCCCCCCCCCCn1ccc(=O)c(OC2CCCCO2)c1. The molecule has 0 bridgehead atoms. The van der Waals surface area contributed by atoms with Crippen LogP contribution in [0.15, 0.2) is 23.3 Å². The third-order valence-corrected chi connectivity index (χ3v) is 6.11. The third kappa shape index (κ3) is 11.2. The summed E-state index contributed by atoms with van der Waals surface area (Å²) in [5.41, 5.74) is -0.0543. The smallest absolute Gasteiger partial charge is 0.223 e. The average molecular weight is 420 g/mol. The molecule has 0 amide bonds.